The first-order valence-electron chi connectivity index (χ1n) is 6.88. The van der Waals surface area contributed by atoms with Gasteiger partial charge in [-0.25, -0.2) is 4.79 Å². The summed E-state index contributed by atoms with van der Waals surface area (Å²) in [4.78, 5) is 34.4. The van der Waals surface area contributed by atoms with E-state index in [9.17, 15) is 14.4 Å². The molecule has 128 valence electrons. The number of nitrogens with one attached hydrogen (secondary N) is 2. The van der Waals surface area contributed by atoms with Crippen molar-refractivity contribution in [2.24, 2.45) is 11.5 Å². The molecule has 0 fully saturated rings. The van der Waals surface area contributed by atoms with Gasteiger partial charge in [0.15, 0.2) is 0 Å². The van der Waals surface area contributed by atoms with Gasteiger partial charge in [-0.15, -0.1) is 0 Å². The number of carboxylic acid groups (broad SMARTS) is 1. The zero-order valence-corrected chi connectivity index (χ0v) is 13.1. The summed E-state index contributed by atoms with van der Waals surface area (Å²) in [5, 5.41) is 22.4. The highest BCUT2D eigenvalue weighted by Gasteiger charge is 2.26. The summed E-state index contributed by atoms with van der Waals surface area (Å²) in [6.07, 6.45) is 1.80. The molecule has 0 rings (SSSR count). The van der Waals surface area contributed by atoms with Crippen LogP contribution >= 0.6 is 12.6 Å². The minimum absolute atomic E-state index is 0.119. The summed E-state index contributed by atoms with van der Waals surface area (Å²) in [6, 6.07) is -3.30. The summed E-state index contributed by atoms with van der Waals surface area (Å²) < 4.78 is 0. The van der Waals surface area contributed by atoms with E-state index >= 15 is 0 Å². The topological polar surface area (TPSA) is 168 Å². The van der Waals surface area contributed by atoms with Crippen molar-refractivity contribution < 1.29 is 24.6 Å². The van der Waals surface area contributed by atoms with Gasteiger partial charge < -0.3 is 32.3 Å². The van der Waals surface area contributed by atoms with Crippen molar-refractivity contribution in [1.29, 1.82) is 0 Å². The second-order valence-electron chi connectivity index (χ2n) is 4.72. The monoisotopic (exact) mass is 336 g/mol. The number of nitrogens with two attached hydrogens (primary N) is 2. The fraction of sp³-hybridized carbons (Fsp3) is 0.750. The number of carboxylic acids is 1. The Morgan fingerprint density at radius 3 is 2.14 bits per heavy atom. The van der Waals surface area contributed by atoms with Gasteiger partial charge in [-0.3, -0.25) is 9.59 Å². The molecule has 0 aliphatic rings. The van der Waals surface area contributed by atoms with Gasteiger partial charge in [0, 0.05) is 5.75 Å². The van der Waals surface area contributed by atoms with Crippen LogP contribution in [0.5, 0.6) is 0 Å². The zero-order valence-electron chi connectivity index (χ0n) is 12.2. The molecule has 0 heterocycles. The number of thiol groups is 1. The third-order valence-electron chi connectivity index (χ3n) is 2.92. The first-order valence-corrected chi connectivity index (χ1v) is 7.51. The molecule has 0 aliphatic heterocycles. The van der Waals surface area contributed by atoms with Gasteiger partial charge in [0.1, 0.15) is 12.1 Å². The van der Waals surface area contributed by atoms with Crippen molar-refractivity contribution >= 4 is 30.4 Å². The molecule has 3 atom stereocenters. The zero-order chi connectivity index (χ0) is 17.1. The fourth-order valence-corrected chi connectivity index (χ4v) is 1.82. The van der Waals surface area contributed by atoms with Crippen molar-refractivity contribution in [2.75, 3.05) is 18.9 Å². The van der Waals surface area contributed by atoms with Crippen molar-refractivity contribution in [3.8, 4) is 0 Å². The number of rotatable bonds is 11. The number of amides is 2. The fourth-order valence-electron chi connectivity index (χ4n) is 1.57. The second kappa shape index (κ2) is 11.2. The quantitative estimate of drug-likeness (QED) is 0.160. The molecule has 22 heavy (non-hydrogen) atoms. The molecule has 10 heteroatoms. The van der Waals surface area contributed by atoms with Crippen LogP contribution in [0.2, 0.25) is 0 Å². The molecule has 0 radical (unpaired) electrons. The molecule has 0 saturated carbocycles. The van der Waals surface area contributed by atoms with Crippen LogP contribution in [-0.2, 0) is 14.4 Å². The molecule has 0 spiro atoms. The molecule has 0 aromatic rings. The lowest BCUT2D eigenvalue weighted by atomic mass is 10.1. The average molecular weight is 336 g/mol. The largest absolute Gasteiger partial charge is 0.480 e. The molecular weight excluding hydrogens is 312 g/mol. The predicted molar refractivity (Wildman–Crippen MR) is 83.3 cm³/mol. The SMILES string of the molecule is NCCCC[C@H](N)C(=O)N[C@@H](CO)C(=O)N[C@@H](CS)C(=O)O. The van der Waals surface area contributed by atoms with Crippen LogP contribution in [0.25, 0.3) is 0 Å². The van der Waals surface area contributed by atoms with E-state index in [0.717, 1.165) is 6.42 Å². The summed E-state index contributed by atoms with van der Waals surface area (Å²) in [5.41, 5.74) is 11.0. The maximum atomic E-state index is 11.8. The van der Waals surface area contributed by atoms with Crippen LogP contribution in [0, 0.1) is 0 Å². The van der Waals surface area contributed by atoms with Gasteiger partial charge in [-0.2, -0.15) is 12.6 Å². The van der Waals surface area contributed by atoms with E-state index in [4.69, 9.17) is 21.7 Å². The summed E-state index contributed by atoms with van der Waals surface area (Å²) in [5.74, 6) is -2.79. The van der Waals surface area contributed by atoms with Gasteiger partial charge in [-0.1, -0.05) is 6.42 Å². The minimum Gasteiger partial charge on any atom is -0.480 e. The smallest absolute Gasteiger partial charge is 0.327 e. The number of carbonyl (C=O) groups excluding carboxylic acids is 2. The summed E-state index contributed by atoms with van der Waals surface area (Å²) >= 11 is 3.80. The molecule has 0 aliphatic carbocycles. The molecule has 0 aromatic carbocycles. The molecule has 0 aromatic heterocycles. The van der Waals surface area contributed by atoms with Gasteiger partial charge in [-0.05, 0) is 19.4 Å². The van der Waals surface area contributed by atoms with Gasteiger partial charge in [0.25, 0.3) is 0 Å². The van der Waals surface area contributed by atoms with E-state index in [1.807, 2.05) is 0 Å². The highest BCUT2D eigenvalue weighted by atomic mass is 32.1. The van der Waals surface area contributed by atoms with Crippen molar-refractivity contribution in [3.63, 3.8) is 0 Å². The van der Waals surface area contributed by atoms with E-state index in [-0.39, 0.29) is 5.75 Å². The third kappa shape index (κ3) is 7.59. The molecule has 8 N–H and O–H groups in total. The number of hydrogen-bond donors (Lipinski definition) is 7. The van der Waals surface area contributed by atoms with Crippen molar-refractivity contribution in [1.82, 2.24) is 10.6 Å². The minimum atomic E-state index is -1.27. The van der Waals surface area contributed by atoms with E-state index in [1.165, 1.54) is 0 Å². The Kier molecular flexibility index (Phi) is 10.5. The van der Waals surface area contributed by atoms with Crippen LogP contribution in [-0.4, -0.2) is 65.0 Å². The lowest BCUT2D eigenvalue weighted by Crippen LogP contribution is -2.56. The highest BCUT2D eigenvalue weighted by molar-refractivity contribution is 7.80. The average Bonchev–Trinajstić information content (AvgIpc) is 2.49. The normalized spacial score (nSPS) is 14.7. The van der Waals surface area contributed by atoms with E-state index < -0.39 is 42.5 Å². The van der Waals surface area contributed by atoms with Gasteiger partial charge in [0.2, 0.25) is 11.8 Å². The molecule has 0 unspecified atom stereocenters. The van der Waals surface area contributed by atoms with Crippen LogP contribution in [0.3, 0.4) is 0 Å². The molecular formula is C12H24N4O5S. The number of hydrogen-bond acceptors (Lipinski definition) is 7. The van der Waals surface area contributed by atoms with Crippen molar-refractivity contribution in [2.45, 2.75) is 37.4 Å². The van der Waals surface area contributed by atoms with Crippen molar-refractivity contribution in [3.05, 3.63) is 0 Å². The summed E-state index contributed by atoms with van der Waals surface area (Å²) in [7, 11) is 0. The number of aliphatic hydroxyl groups excluding tert-OH is 1. The number of aliphatic hydroxyl groups is 1. The van der Waals surface area contributed by atoms with E-state index in [2.05, 4.69) is 23.3 Å². The number of aliphatic carboxylic acids is 1. The molecule has 2 amide bonds. The maximum absolute atomic E-state index is 11.8. The maximum Gasteiger partial charge on any atom is 0.327 e. The predicted octanol–water partition coefficient (Wildman–Crippen LogP) is -2.58. The Morgan fingerprint density at radius 2 is 1.68 bits per heavy atom. The van der Waals surface area contributed by atoms with Crippen LogP contribution in [0.15, 0.2) is 0 Å². The van der Waals surface area contributed by atoms with Crippen LogP contribution in [0.4, 0.5) is 0 Å². The molecule has 0 bridgehead atoms. The lowest BCUT2D eigenvalue weighted by molar-refractivity contribution is -0.141. The first-order chi connectivity index (χ1) is 10.4. The second-order valence-corrected chi connectivity index (χ2v) is 5.08. The highest BCUT2D eigenvalue weighted by Crippen LogP contribution is 1.99. The number of carbonyl (C=O) groups is 3. The Bertz CT molecular complexity index is 383. The number of unbranched alkanes of at least 4 members (excludes halogenated alkanes) is 1. The molecule has 9 nitrogen and oxygen atoms in total. The van der Waals surface area contributed by atoms with Gasteiger partial charge in [0.05, 0.1) is 12.6 Å². The Labute approximate surface area is 134 Å². The van der Waals surface area contributed by atoms with Crippen LogP contribution in [0.1, 0.15) is 19.3 Å². The third-order valence-corrected chi connectivity index (χ3v) is 3.28. The summed E-state index contributed by atoms with van der Waals surface area (Å²) in [6.45, 7) is -0.178. The Hall–Kier alpha value is -1.36. The Morgan fingerprint density at radius 1 is 1.09 bits per heavy atom. The van der Waals surface area contributed by atoms with Crippen LogP contribution < -0.4 is 22.1 Å². The first kappa shape index (κ1) is 20.6. The molecule has 0 saturated heterocycles. The standard InChI is InChI=1S/C12H24N4O5S/c13-4-2-1-3-7(14)10(18)15-8(5-17)11(19)16-9(6-22)12(20)21/h7-9,17,22H,1-6,13-14H2,(H,15,18)(H,16,19)(H,20,21)/t7-,8-,9-/m0/s1. The van der Waals surface area contributed by atoms with Gasteiger partial charge >= 0.3 is 5.97 Å². The Balaban J connectivity index is 4.47. The van der Waals surface area contributed by atoms with E-state index in [1.54, 1.807) is 0 Å². The van der Waals surface area contributed by atoms with E-state index in [0.29, 0.717) is 19.4 Å². The lowest BCUT2D eigenvalue weighted by Gasteiger charge is -2.20.